The van der Waals surface area contributed by atoms with Crippen LogP contribution in [0.4, 0.5) is 0 Å². The fourth-order valence-corrected chi connectivity index (χ4v) is 1.05. The summed E-state index contributed by atoms with van der Waals surface area (Å²) in [6, 6.07) is 0. The van der Waals surface area contributed by atoms with E-state index in [2.05, 4.69) is 45.9 Å². The van der Waals surface area contributed by atoms with Crippen molar-refractivity contribution in [3.8, 4) is 0 Å². The van der Waals surface area contributed by atoms with E-state index >= 15 is 0 Å². The predicted octanol–water partition coefficient (Wildman–Crippen LogP) is 3.81. The third-order valence-corrected chi connectivity index (χ3v) is 1.80. The Morgan fingerprint density at radius 2 is 1.69 bits per heavy atom. The molecular weight excluding hydrogens is 239 g/mol. The van der Waals surface area contributed by atoms with Crippen LogP contribution in [0.25, 0.3) is 0 Å². The molecular formula is C10H17Cl2Ti-. The van der Waals surface area contributed by atoms with Crippen molar-refractivity contribution in [3.05, 3.63) is 23.8 Å². The van der Waals surface area contributed by atoms with E-state index in [1.807, 2.05) is 0 Å². The number of hydrogen-bond acceptors (Lipinski definition) is 0. The van der Waals surface area contributed by atoms with E-state index in [1.165, 1.54) is 5.57 Å². The molecule has 0 aromatic carbocycles. The molecule has 0 saturated carbocycles. The van der Waals surface area contributed by atoms with Gasteiger partial charge in [0.2, 0.25) is 0 Å². The Kier molecular flexibility index (Phi) is 10.6. The minimum atomic E-state index is 0. The largest absolute Gasteiger partial charge is 0.270 e. The van der Waals surface area contributed by atoms with E-state index in [0.717, 1.165) is 0 Å². The second kappa shape index (κ2) is 7.12. The molecule has 1 aliphatic carbocycles. The second-order valence-electron chi connectivity index (χ2n) is 3.97. The average Bonchev–Trinajstić information content (AvgIpc) is 2.11. The van der Waals surface area contributed by atoms with Gasteiger partial charge >= 0.3 is 0 Å². The van der Waals surface area contributed by atoms with Gasteiger partial charge in [-0.2, -0.15) is 11.6 Å². The van der Waals surface area contributed by atoms with Crippen LogP contribution in [0, 0.1) is 17.4 Å². The molecule has 1 aliphatic rings. The van der Waals surface area contributed by atoms with Crippen LogP contribution in [-0.4, -0.2) is 0 Å². The van der Waals surface area contributed by atoms with Gasteiger partial charge in [0.05, 0.1) is 0 Å². The van der Waals surface area contributed by atoms with Crippen LogP contribution in [0.3, 0.4) is 0 Å². The zero-order chi connectivity index (χ0) is 7.78. The number of hydrogen-bond donors (Lipinski definition) is 0. The quantitative estimate of drug-likeness (QED) is 0.456. The zero-order valence-corrected chi connectivity index (χ0v) is 11.7. The summed E-state index contributed by atoms with van der Waals surface area (Å²) in [6.07, 6.45) is 7.65. The summed E-state index contributed by atoms with van der Waals surface area (Å²) in [4.78, 5) is 0. The second-order valence-corrected chi connectivity index (χ2v) is 3.97. The Morgan fingerprint density at radius 3 is 1.85 bits per heavy atom. The van der Waals surface area contributed by atoms with Gasteiger partial charge < -0.3 is 0 Å². The van der Waals surface area contributed by atoms with Crippen molar-refractivity contribution in [2.45, 2.75) is 27.7 Å². The van der Waals surface area contributed by atoms with Crippen molar-refractivity contribution >= 4 is 24.8 Å². The first-order valence-corrected chi connectivity index (χ1v) is 3.82. The molecule has 13 heavy (non-hydrogen) atoms. The SMILES string of the molecule is CC1[C-]=CC(C(C)(C)C)=C1.Cl.Cl.[Ti]. The molecule has 0 nitrogen and oxygen atoms in total. The molecule has 0 saturated heterocycles. The van der Waals surface area contributed by atoms with Gasteiger partial charge in [0.15, 0.2) is 0 Å². The van der Waals surface area contributed by atoms with Crippen LogP contribution >= 0.6 is 24.8 Å². The Balaban J connectivity index is -0.000000333. The van der Waals surface area contributed by atoms with Crippen LogP contribution in [0.15, 0.2) is 17.7 Å². The summed E-state index contributed by atoms with van der Waals surface area (Å²) in [5.41, 5.74) is 1.72. The third-order valence-electron chi connectivity index (χ3n) is 1.80. The summed E-state index contributed by atoms with van der Waals surface area (Å²) in [5, 5.41) is 0. The molecule has 0 heterocycles. The molecule has 0 aromatic heterocycles. The van der Waals surface area contributed by atoms with Crippen LogP contribution in [0.5, 0.6) is 0 Å². The molecule has 1 rings (SSSR count). The summed E-state index contributed by atoms with van der Waals surface area (Å²) < 4.78 is 0. The Bertz CT molecular complexity index is 190. The first kappa shape index (κ1) is 19.4. The maximum Gasteiger partial charge on any atom is 0 e. The average molecular weight is 256 g/mol. The van der Waals surface area contributed by atoms with E-state index in [4.69, 9.17) is 0 Å². The van der Waals surface area contributed by atoms with E-state index < -0.39 is 0 Å². The maximum atomic E-state index is 3.26. The topological polar surface area (TPSA) is 0 Å². The Labute approximate surface area is 109 Å². The van der Waals surface area contributed by atoms with Crippen molar-refractivity contribution in [1.82, 2.24) is 0 Å². The van der Waals surface area contributed by atoms with Crippen molar-refractivity contribution in [2.75, 3.05) is 0 Å². The molecule has 3 heteroatoms. The van der Waals surface area contributed by atoms with Gasteiger partial charge in [-0.25, -0.2) is 6.08 Å². The molecule has 0 aromatic rings. The summed E-state index contributed by atoms with van der Waals surface area (Å²) in [6.45, 7) is 8.86. The van der Waals surface area contributed by atoms with Crippen LogP contribution < -0.4 is 0 Å². The van der Waals surface area contributed by atoms with E-state index in [1.54, 1.807) is 0 Å². The van der Waals surface area contributed by atoms with Crippen LogP contribution in [0.2, 0.25) is 0 Å². The molecule has 0 spiro atoms. The van der Waals surface area contributed by atoms with Crippen molar-refractivity contribution in [2.24, 2.45) is 11.3 Å². The molecule has 0 bridgehead atoms. The first-order valence-electron chi connectivity index (χ1n) is 3.82. The minimum Gasteiger partial charge on any atom is -0.270 e. The maximum absolute atomic E-state index is 3.26. The van der Waals surface area contributed by atoms with Gasteiger partial charge in [0.1, 0.15) is 0 Å². The fourth-order valence-electron chi connectivity index (χ4n) is 1.05. The molecule has 0 N–H and O–H groups in total. The molecule has 0 fully saturated rings. The van der Waals surface area contributed by atoms with Gasteiger partial charge in [-0.3, -0.25) is 6.08 Å². The molecule has 0 radical (unpaired) electrons. The minimum absolute atomic E-state index is 0. The van der Waals surface area contributed by atoms with Gasteiger partial charge in [0, 0.05) is 21.7 Å². The zero-order valence-electron chi connectivity index (χ0n) is 8.55. The van der Waals surface area contributed by atoms with Gasteiger partial charge in [-0.1, -0.05) is 39.0 Å². The number of allylic oxidation sites excluding steroid dienone is 4. The summed E-state index contributed by atoms with van der Waals surface area (Å²) >= 11 is 0. The van der Waals surface area contributed by atoms with Crippen LogP contribution in [-0.2, 0) is 21.7 Å². The van der Waals surface area contributed by atoms with Gasteiger partial charge in [-0.15, -0.1) is 24.8 Å². The standard InChI is InChI=1S/C10H15.2ClH.Ti/c1-8-5-6-9(7-8)10(2,3)4;;;/h6-8H,1-4H3;2*1H;/q-1;;;. The van der Waals surface area contributed by atoms with E-state index in [-0.39, 0.29) is 46.5 Å². The normalized spacial score (nSPS) is 19.4. The van der Waals surface area contributed by atoms with Crippen molar-refractivity contribution in [1.29, 1.82) is 0 Å². The van der Waals surface area contributed by atoms with Crippen molar-refractivity contribution < 1.29 is 21.7 Å². The molecule has 0 amide bonds. The molecule has 76 valence electrons. The number of rotatable bonds is 0. The van der Waals surface area contributed by atoms with Gasteiger partial charge in [0.25, 0.3) is 0 Å². The van der Waals surface area contributed by atoms with Gasteiger partial charge in [-0.05, 0) is 0 Å². The first-order chi connectivity index (χ1) is 4.50. The number of halogens is 2. The summed E-state index contributed by atoms with van der Waals surface area (Å²) in [5.74, 6) is 0.522. The molecule has 1 atom stereocenters. The van der Waals surface area contributed by atoms with Crippen LogP contribution in [0.1, 0.15) is 27.7 Å². The third kappa shape index (κ3) is 5.96. The fraction of sp³-hybridized carbons (Fsp3) is 0.600. The molecule has 0 aliphatic heterocycles. The Hall–Kier alpha value is 0.774. The van der Waals surface area contributed by atoms with E-state index in [0.29, 0.717) is 11.3 Å². The molecule has 1 unspecified atom stereocenters. The monoisotopic (exact) mass is 255 g/mol. The summed E-state index contributed by atoms with van der Waals surface area (Å²) in [7, 11) is 0. The smallest absolute Gasteiger partial charge is 0 e. The predicted molar refractivity (Wildman–Crippen MR) is 59.0 cm³/mol. The van der Waals surface area contributed by atoms with Crippen molar-refractivity contribution in [3.63, 3.8) is 0 Å². The Morgan fingerprint density at radius 1 is 1.23 bits per heavy atom. The van der Waals surface area contributed by atoms with E-state index in [9.17, 15) is 0 Å².